The Labute approximate surface area is 202 Å². The number of nitrogens with one attached hydrogen (secondary N) is 2. The number of carbonyl (C=O) groups is 2. The van der Waals surface area contributed by atoms with Gasteiger partial charge in [-0.25, -0.2) is 8.78 Å². The molecule has 9 nitrogen and oxygen atoms in total. The van der Waals surface area contributed by atoms with Crippen molar-refractivity contribution in [1.82, 2.24) is 0 Å². The molecule has 0 saturated heterocycles. The van der Waals surface area contributed by atoms with E-state index in [2.05, 4.69) is 14.5 Å². The summed E-state index contributed by atoms with van der Waals surface area (Å²) in [5.74, 6) is -1.28. The Morgan fingerprint density at radius 2 is 1.51 bits per heavy atom. The number of amides is 2. The van der Waals surface area contributed by atoms with Crippen LogP contribution in [0.25, 0.3) is 0 Å². The fraction of sp³-hybridized carbons (Fsp3) is 0.130. The fourth-order valence-electron chi connectivity index (χ4n) is 2.68. The average Bonchev–Trinajstić information content (AvgIpc) is 2.80. The fourth-order valence-corrected chi connectivity index (χ4v) is 4.36. The number of hydrogen-bond acceptors (Lipinski definition) is 6. The maximum absolute atomic E-state index is 13.6. The SMILES string of the molecule is CC(=O)Nc1ccc(OCc2ccc(F)cc2)cc1F.CC(=O)Nc1ccccc1[As](=O)(O)OO. The zero-order valence-corrected chi connectivity index (χ0v) is 20.6. The molecule has 0 aliphatic heterocycles. The van der Waals surface area contributed by atoms with Crippen LogP contribution < -0.4 is 19.7 Å². The summed E-state index contributed by atoms with van der Waals surface area (Å²) in [4.78, 5) is 21.7. The Morgan fingerprint density at radius 1 is 0.914 bits per heavy atom. The van der Waals surface area contributed by atoms with E-state index in [1.807, 2.05) is 0 Å². The summed E-state index contributed by atoms with van der Waals surface area (Å²) in [6, 6.07) is 15.9. The predicted octanol–water partition coefficient (Wildman–Crippen LogP) is 3.21. The molecule has 0 aliphatic carbocycles. The van der Waals surface area contributed by atoms with Gasteiger partial charge in [0.15, 0.2) is 0 Å². The first-order chi connectivity index (χ1) is 16.5. The standard InChI is InChI=1S/C15H13F2NO2.C8H10AsNO5/c1-10(19)18-15-7-6-13(8-14(15)17)20-9-11-2-4-12(16)5-3-11;1-6(11)10-8-5-3-2-4-7(8)9(12,13)15-14/h2-8H,9H2,1H3,(H,18,19);2-5,14H,1H3,(H,10,11)(H,12,13). The molecule has 1 atom stereocenters. The average molecular weight is 552 g/mol. The van der Waals surface area contributed by atoms with Crippen LogP contribution in [0.3, 0.4) is 0 Å². The van der Waals surface area contributed by atoms with E-state index in [9.17, 15) is 26.2 Å². The summed E-state index contributed by atoms with van der Waals surface area (Å²) in [7, 11) is 0. The predicted molar refractivity (Wildman–Crippen MR) is 124 cm³/mol. The molecule has 2 amide bonds. The zero-order chi connectivity index (χ0) is 26.0. The van der Waals surface area contributed by atoms with Crippen LogP contribution in [-0.2, 0) is 23.8 Å². The van der Waals surface area contributed by atoms with Crippen LogP contribution in [0.15, 0.2) is 66.7 Å². The number of rotatable bonds is 7. The van der Waals surface area contributed by atoms with Crippen LogP contribution in [0.2, 0.25) is 0 Å². The normalized spacial score (nSPS) is 11.9. The number of para-hydroxylation sites is 1. The van der Waals surface area contributed by atoms with Crippen LogP contribution in [-0.4, -0.2) is 35.3 Å². The van der Waals surface area contributed by atoms with Gasteiger partial charge >= 0.3 is 88.4 Å². The van der Waals surface area contributed by atoms with Crippen molar-refractivity contribution >= 4 is 41.7 Å². The van der Waals surface area contributed by atoms with Crippen molar-refractivity contribution in [2.24, 2.45) is 0 Å². The molecule has 0 fully saturated rings. The number of benzene rings is 3. The third kappa shape index (κ3) is 8.99. The van der Waals surface area contributed by atoms with Crippen LogP contribution >= 0.6 is 0 Å². The van der Waals surface area contributed by atoms with Crippen molar-refractivity contribution in [2.75, 3.05) is 10.6 Å². The molecule has 0 heterocycles. The second-order valence-corrected chi connectivity index (χ2v) is 10.6. The molecule has 0 spiro atoms. The Kier molecular flexibility index (Phi) is 10.2. The van der Waals surface area contributed by atoms with Crippen molar-refractivity contribution in [3.8, 4) is 5.75 Å². The first-order valence-electron chi connectivity index (χ1n) is 9.99. The Morgan fingerprint density at radius 3 is 2.09 bits per heavy atom. The molecule has 186 valence electrons. The van der Waals surface area contributed by atoms with Gasteiger partial charge in [0.05, 0.1) is 5.69 Å². The first-order valence-corrected chi connectivity index (χ1v) is 13.3. The van der Waals surface area contributed by atoms with Gasteiger partial charge < -0.3 is 10.1 Å². The molecule has 0 aromatic heterocycles. The first kappa shape index (κ1) is 27.7. The molecule has 0 aliphatic rings. The molecule has 3 aromatic rings. The number of hydrogen-bond donors (Lipinski definition) is 4. The second kappa shape index (κ2) is 12.8. The van der Waals surface area contributed by atoms with E-state index >= 15 is 0 Å². The third-order valence-corrected chi connectivity index (χ3v) is 6.76. The molecule has 35 heavy (non-hydrogen) atoms. The van der Waals surface area contributed by atoms with Gasteiger partial charge in [-0.2, -0.15) is 0 Å². The summed E-state index contributed by atoms with van der Waals surface area (Å²) in [5, 5.41) is 13.0. The van der Waals surface area contributed by atoms with E-state index in [0.29, 0.717) is 5.75 Å². The zero-order valence-electron chi connectivity index (χ0n) is 18.7. The van der Waals surface area contributed by atoms with Gasteiger partial charge in [-0.05, 0) is 29.8 Å². The summed E-state index contributed by atoms with van der Waals surface area (Å²) in [5.41, 5.74) is 1.04. The van der Waals surface area contributed by atoms with E-state index < -0.39 is 20.0 Å². The van der Waals surface area contributed by atoms with E-state index in [1.54, 1.807) is 24.3 Å². The number of ether oxygens (including phenoxy) is 1. The number of anilines is 2. The van der Waals surface area contributed by atoms with Crippen molar-refractivity contribution < 1.29 is 40.1 Å². The molecule has 4 N–H and O–H groups in total. The van der Waals surface area contributed by atoms with E-state index in [4.69, 9.17) is 9.99 Å². The minimum atomic E-state index is -4.92. The Bertz CT molecular complexity index is 1220. The van der Waals surface area contributed by atoms with Crippen LogP contribution in [0.1, 0.15) is 19.4 Å². The van der Waals surface area contributed by atoms with Gasteiger partial charge in [-0.3, -0.25) is 4.79 Å². The summed E-state index contributed by atoms with van der Waals surface area (Å²) in [6.45, 7) is 2.78. The van der Waals surface area contributed by atoms with Crippen LogP contribution in [0.5, 0.6) is 5.75 Å². The maximum atomic E-state index is 13.6. The van der Waals surface area contributed by atoms with Crippen molar-refractivity contribution in [2.45, 2.75) is 20.5 Å². The molecule has 0 saturated carbocycles. The molecular weight excluding hydrogens is 529 g/mol. The second-order valence-electron chi connectivity index (χ2n) is 7.04. The van der Waals surface area contributed by atoms with Crippen LogP contribution in [0.4, 0.5) is 20.2 Å². The number of carbonyl (C=O) groups excluding carboxylic acids is 2. The van der Waals surface area contributed by atoms with Crippen molar-refractivity contribution in [3.05, 3.63) is 83.9 Å². The van der Waals surface area contributed by atoms with Crippen LogP contribution in [0, 0.1) is 11.6 Å². The Hall–Kier alpha value is -3.50. The summed E-state index contributed by atoms with van der Waals surface area (Å²) < 4.78 is 55.9. The molecule has 3 rings (SSSR count). The van der Waals surface area contributed by atoms with Gasteiger partial charge in [0.25, 0.3) is 0 Å². The molecule has 1 unspecified atom stereocenters. The van der Waals surface area contributed by atoms with E-state index in [-0.39, 0.29) is 40.0 Å². The monoisotopic (exact) mass is 552 g/mol. The molecular formula is C23H23AsF2N2O7. The quantitative estimate of drug-likeness (QED) is 0.201. The van der Waals surface area contributed by atoms with Gasteiger partial charge in [-0.15, -0.1) is 0 Å². The van der Waals surface area contributed by atoms with Crippen molar-refractivity contribution in [1.29, 1.82) is 0 Å². The molecule has 12 heteroatoms. The van der Waals surface area contributed by atoms with E-state index in [1.165, 1.54) is 56.3 Å². The molecule has 0 radical (unpaired) electrons. The van der Waals surface area contributed by atoms with Gasteiger partial charge in [0.1, 0.15) is 24.0 Å². The molecule has 3 aromatic carbocycles. The molecule has 0 bridgehead atoms. The topological polar surface area (TPSA) is 134 Å². The number of halogens is 2. The summed E-state index contributed by atoms with van der Waals surface area (Å²) >= 11 is -4.92. The van der Waals surface area contributed by atoms with E-state index in [0.717, 1.165) is 5.56 Å². The van der Waals surface area contributed by atoms with Gasteiger partial charge in [-0.1, -0.05) is 12.1 Å². The third-order valence-electron chi connectivity index (χ3n) is 4.20. The van der Waals surface area contributed by atoms with Gasteiger partial charge in [0, 0.05) is 13.0 Å². The Balaban J connectivity index is 0.000000258. The summed E-state index contributed by atoms with van der Waals surface area (Å²) in [6.07, 6.45) is 0. The van der Waals surface area contributed by atoms with Crippen molar-refractivity contribution in [3.63, 3.8) is 0 Å². The van der Waals surface area contributed by atoms with Gasteiger partial charge in [0.2, 0.25) is 5.91 Å². The minimum absolute atomic E-state index is 0.103.